The minimum Gasteiger partial charge on any atom is -0.463 e. The Morgan fingerprint density at radius 2 is 2.11 bits per heavy atom. The van der Waals surface area contributed by atoms with Crippen molar-refractivity contribution in [3.05, 3.63) is 29.8 Å². The van der Waals surface area contributed by atoms with E-state index in [1.807, 2.05) is 0 Å². The van der Waals surface area contributed by atoms with E-state index in [2.05, 4.69) is 14.2 Å². The van der Waals surface area contributed by atoms with Crippen LogP contribution in [-0.2, 0) is 9.53 Å². The number of hydrogen-bond acceptors (Lipinski definition) is 4. The van der Waals surface area contributed by atoms with E-state index in [1.54, 1.807) is 6.92 Å². The van der Waals surface area contributed by atoms with Crippen molar-refractivity contribution in [1.29, 1.82) is 0 Å². The summed E-state index contributed by atoms with van der Waals surface area (Å²) in [7, 11) is 0. The fourth-order valence-corrected chi connectivity index (χ4v) is 1.42. The molecule has 0 bridgehead atoms. The molecule has 0 fully saturated rings. The summed E-state index contributed by atoms with van der Waals surface area (Å²) in [4.78, 5) is 11.1. The van der Waals surface area contributed by atoms with Crippen LogP contribution in [0, 0.1) is 0 Å². The van der Waals surface area contributed by atoms with Crippen molar-refractivity contribution in [2.75, 3.05) is 6.61 Å². The van der Waals surface area contributed by atoms with Crippen LogP contribution in [0.4, 0.5) is 8.78 Å². The molecule has 6 heteroatoms. The summed E-state index contributed by atoms with van der Waals surface area (Å²) < 4.78 is 38.7. The molecule has 2 rings (SSSR count). The van der Waals surface area contributed by atoms with E-state index >= 15 is 0 Å². The summed E-state index contributed by atoms with van der Waals surface area (Å²) in [5.41, 5.74) is 0.531. The largest absolute Gasteiger partial charge is 0.586 e. The molecular formula is C12H10F2O4. The number of alkyl halides is 2. The van der Waals surface area contributed by atoms with E-state index in [1.165, 1.54) is 30.4 Å². The molecule has 1 aromatic rings. The molecule has 0 aliphatic carbocycles. The molecule has 4 nitrogen and oxygen atoms in total. The molecule has 1 aliphatic heterocycles. The van der Waals surface area contributed by atoms with Crippen LogP contribution in [0.25, 0.3) is 6.08 Å². The van der Waals surface area contributed by atoms with Gasteiger partial charge in [0.2, 0.25) is 0 Å². The highest BCUT2D eigenvalue weighted by molar-refractivity contribution is 5.87. The SMILES string of the molecule is CCOC(=O)C=Cc1ccc2c(c1)OC(F)(F)O2. The van der Waals surface area contributed by atoms with Crippen LogP contribution in [0.5, 0.6) is 11.5 Å². The Hall–Kier alpha value is -2.11. The minimum atomic E-state index is -3.63. The lowest BCUT2D eigenvalue weighted by atomic mass is 10.2. The lowest BCUT2D eigenvalue weighted by Crippen LogP contribution is -2.25. The summed E-state index contributed by atoms with van der Waals surface area (Å²) in [5.74, 6) is -0.597. The Kier molecular flexibility index (Phi) is 3.18. The van der Waals surface area contributed by atoms with Gasteiger partial charge in [-0.05, 0) is 30.7 Å². The first kappa shape index (κ1) is 12.3. The molecule has 1 heterocycles. The van der Waals surface area contributed by atoms with Crippen LogP contribution in [-0.4, -0.2) is 18.9 Å². The first-order chi connectivity index (χ1) is 8.50. The van der Waals surface area contributed by atoms with Crippen molar-refractivity contribution in [3.63, 3.8) is 0 Å². The van der Waals surface area contributed by atoms with Crippen LogP contribution < -0.4 is 9.47 Å². The van der Waals surface area contributed by atoms with E-state index in [9.17, 15) is 13.6 Å². The quantitative estimate of drug-likeness (QED) is 0.616. The second-order valence-electron chi connectivity index (χ2n) is 3.46. The smallest absolute Gasteiger partial charge is 0.463 e. The predicted octanol–water partition coefficient (Wildman–Crippen LogP) is 2.58. The van der Waals surface area contributed by atoms with Gasteiger partial charge in [0.1, 0.15) is 0 Å². The molecule has 0 N–H and O–H groups in total. The first-order valence-electron chi connectivity index (χ1n) is 5.25. The van der Waals surface area contributed by atoms with Crippen LogP contribution in [0.2, 0.25) is 0 Å². The van der Waals surface area contributed by atoms with Crippen molar-refractivity contribution < 1.29 is 27.8 Å². The minimum absolute atomic E-state index is 0.0340. The predicted molar refractivity (Wildman–Crippen MR) is 58.3 cm³/mol. The monoisotopic (exact) mass is 256 g/mol. The summed E-state index contributed by atoms with van der Waals surface area (Å²) in [5, 5.41) is 0. The fourth-order valence-electron chi connectivity index (χ4n) is 1.42. The molecular weight excluding hydrogens is 246 g/mol. The molecule has 1 aromatic carbocycles. The van der Waals surface area contributed by atoms with Crippen molar-refractivity contribution in [3.8, 4) is 11.5 Å². The molecule has 96 valence electrons. The Morgan fingerprint density at radius 3 is 2.83 bits per heavy atom. The van der Waals surface area contributed by atoms with Crippen molar-refractivity contribution in [2.45, 2.75) is 13.2 Å². The van der Waals surface area contributed by atoms with Gasteiger partial charge in [-0.2, -0.15) is 0 Å². The maximum Gasteiger partial charge on any atom is 0.586 e. The van der Waals surface area contributed by atoms with Gasteiger partial charge in [0.05, 0.1) is 6.61 Å². The van der Waals surface area contributed by atoms with Crippen molar-refractivity contribution in [2.24, 2.45) is 0 Å². The van der Waals surface area contributed by atoms with E-state index in [0.29, 0.717) is 5.56 Å². The first-order valence-corrected chi connectivity index (χ1v) is 5.25. The Labute approximate surface area is 102 Å². The number of carbonyl (C=O) groups is 1. The highest BCUT2D eigenvalue weighted by Gasteiger charge is 2.43. The van der Waals surface area contributed by atoms with Gasteiger partial charge >= 0.3 is 12.3 Å². The maximum absolute atomic E-state index is 12.7. The lowest BCUT2D eigenvalue weighted by Gasteiger charge is -2.04. The van der Waals surface area contributed by atoms with Gasteiger partial charge in [-0.1, -0.05) is 6.07 Å². The number of fused-ring (bicyclic) bond motifs is 1. The number of halogens is 2. The number of carbonyl (C=O) groups excluding carboxylic acids is 1. The Balaban J connectivity index is 2.12. The molecule has 0 spiro atoms. The fraction of sp³-hybridized carbons (Fsp3) is 0.250. The van der Waals surface area contributed by atoms with Crippen molar-refractivity contribution >= 4 is 12.0 Å². The van der Waals surface area contributed by atoms with E-state index < -0.39 is 12.3 Å². The average Bonchev–Trinajstić information content (AvgIpc) is 2.59. The molecule has 0 atom stereocenters. The van der Waals surface area contributed by atoms with E-state index in [-0.39, 0.29) is 18.1 Å². The topological polar surface area (TPSA) is 44.8 Å². The standard InChI is InChI=1S/C12H10F2O4/c1-2-16-11(15)6-4-8-3-5-9-10(7-8)18-12(13,14)17-9/h3-7H,2H2,1H3. The second kappa shape index (κ2) is 4.64. The third-order valence-electron chi connectivity index (χ3n) is 2.12. The third-order valence-corrected chi connectivity index (χ3v) is 2.12. The second-order valence-corrected chi connectivity index (χ2v) is 3.46. The van der Waals surface area contributed by atoms with Gasteiger partial charge in [-0.25, -0.2) is 4.79 Å². The number of hydrogen-bond donors (Lipinski definition) is 0. The van der Waals surface area contributed by atoms with E-state index in [0.717, 1.165) is 0 Å². The van der Waals surface area contributed by atoms with Gasteiger partial charge in [0.25, 0.3) is 0 Å². The zero-order chi connectivity index (χ0) is 13.2. The Bertz CT molecular complexity index is 497. The summed E-state index contributed by atoms with van der Waals surface area (Å²) in [6.45, 7) is 1.96. The molecule has 0 radical (unpaired) electrons. The van der Waals surface area contributed by atoms with Crippen LogP contribution in [0.3, 0.4) is 0 Å². The highest BCUT2D eigenvalue weighted by atomic mass is 19.3. The third kappa shape index (κ3) is 2.77. The molecule has 18 heavy (non-hydrogen) atoms. The van der Waals surface area contributed by atoms with Gasteiger partial charge in [0, 0.05) is 6.08 Å². The van der Waals surface area contributed by atoms with Gasteiger partial charge in [-0.3, -0.25) is 0 Å². The molecule has 0 aromatic heterocycles. The zero-order valence-corrected chi connectivity index (χ0v) is 9.48. The molecule has 0 saturated heterocycles. The molecule has 1 aliphatic rings. The number of benzene rings is 1. The Morgan fingerprint density at radius 1 is 1.39 bits per heavy atom. The summed E-state index contributed by atoms with van der Waals surface area (Å²) in [6.07, 6.45) is -0.983. The van der Waals surface area contributed by atoms with Crippen LogP contribution in [0.1, 0.15) is 12.5 Å². The van der Waals surface area contributed by atoms with Gasteiger partial charge in [-0.15, -0.1) is 8.78 Å². The van der Waals surface area contributed by atoms with E-state index in [4.69, 9.17) is 0 Å². The molecule has 0 amide bonds. The van der Waals surface area contributed by atoms with Crippen LogP contribution >= 0.6 is 0 Å². The number of ether oxygens (including phenoxy) is 3. The normalized spacial score (nSPS) is 15.9. The molecule has 0 saturated carbocycles. The lowest BCUT2D eigenvalue weighted by molar-refractivity contribution is -0.286. The average molecular weight is 256 g/mol. The van der Waals surface area contributed by atoms with Crippen molar-refractivity contribution in [1.82, 2.24) is 0 Å². The summed E-state index contributed by atoms with van der Waals surface area (Å²) >= 11 is 0. The maximum atomic E-state index is 12.7. The number of rotatable bonds is 3. The molecule has 0 unspecified atom stereocenters. The van der Waals surface area contributed by atoms with Gasteiger partial charge < -0.3 is 14.2 Å². The van der Waals surface area contributed by atoms with Crippen LogP contribution in [0.15, 0.2) is 24.3 Å². The zero-order valence-electron chi connectivity index (χ0n) is 9.48. The summed E-state index contributed by atoms with van der Waals surface area (Å²) in [6, 6.07) is 4.23. The number of esters is 1. The highest BCUT2D eigenvalue weighted by Crippen LogP contribution is 2.41. The van der Waals surface area contributed by atoms with Gasteiger partial charge in [0.15, 0.2) is 11.5 Å².